The summed E-state index contributed by atoms with van der Waals surface area (Å²) in [6.45, 7) is 0. The molecule has 54 heavy (non-hydrogen) atoms. The van der Waals surface area contributed by atoms with Crippen molar-refractivity contribution in [2.75, 3.05) is 0 Å². The highest BCUT2D eigenvalue weighted by atomic mass is 16.4. The first-order valence-corrected chi connectivity index (χ1v) is 18.0. The SMILES string of the molecule is OB(O)c1ccccc1Cc1ccc(-c2cc(-c3ccc(Cc4ccccc4B(O)O)cc3)cc(-c3ccc(Cc4ccccc4B(O)O)cc3)c2)cc1. The van der Waals surface area contributed by atoms with Crippen LogP contribution in [0.15, 0.2) is 164 Å². The average molecular weight is 708 g/mol. The van der Waals surface area contributed by atoms with Crippen LogP contribution < -0.4 is 16.4 Å². The lowest BCUT2D eigenvalue weighted by Gasteiger charge is -2.14. The molecule has 0 aliphatic carbocycles. The van der Waals surface area contributed by atoms with E-state index in [1.165, 1.54) is 0 Å². The summed E-state index contributed by atoms with van der Waals surface area (Å²) < 4.78 is 0. The van der Waals surface area contributed by atoms with Gasteiger partial charge in [-0.3, -0.25) is 0 Å². The molecule has 0 bridgehead atoms. The van der Waals surface area contributed by atoms with Crippen molar-refractivity contribution in [3.8, 4) is 33.4 Å². The minimum atomic E-state index is -1.53. The topological polar surface area (TPSA) is 121 Å². The highest BCUT2D eigenvalue weighted by molar-refractivity contribution is 6.60. The Kier molecular flexibility index (Phi) is 11.4. The van der Waals surface area contributed by atoms with Crippen molar-refractivity contribution < 1.29 is 30.1 Å². The van der Waals surface area contributed by atoms with Gasteiger partial charge in [-0.25, -0.2) is 0 Å². The van der Waals surface area contributed by atoms with Crippen LogP contribution in [0.5, 0.6) is 0 Å². The molecule has 7 rings (SSSR count). The second kappa shape index (κ2) is 16.7. The van der Waals surface area contributed by atoms with Gasteiger partial charge in [-0.1, -0.05) is 146 Å². The van der Waals surface area contributed by atoms with E-state index in [0.717, 1.165) is 66.8 Å². The molecule has 0 atom stereocenters. The zero-order valence-corrected chi connectivity index (χ0v) is 29.6. The van der Waals surface area contributed by atoms with Crippen LogP contribution in [-0.4, -0.2) is 51.5 Å². The smallest absolute Gasteiger partial charge is 0.423 e. The third-order valence-electron chi connectivity index (χ3n) is 9.98. The van der Waals surface area contributed by atoms with Gasteiger partial charge in [0.15, 0.2) is 0 Å². The fraction of sp³-hybridized carbons (Fsp3) is 0.0667. The number of hydrogen-bond acceptors (Lipinski definition) is 6. The van der Waals surface area contributed by atoms with Gasteiger partial charge in [-0.05, 0) is 121 Å². The fourth-order valence-corrected chi connectivity index (χ4v) is 7.07. The van der Waals surface area contributed by atoms with E-state index >= 15 is 0 Å². The Morgan fingerprint density at radius 1 is 0.278 bits per heavy atom. The Morgan fingerprint density at radius 2 is 0.519 bits per heavy atom. The zero-order chi connectivity index (χ0) is 37.6. The van der Waals surface area contributed by atoms with Gasteiger partial charge in [0, 0.05) is 0 Å². The lowest BCUT2D eigenvalue weighted by Crippen LogP contribution is -2.32. The number of benzene rings is 7. The summed E-state index contributed by atoms with van der Waals surface area (Å²) >= 11 is 0. The van der Waals surface area contributed by atoms with Gasteiger partial charge in [0.05, 0.1) is 0 Å². The maximum Gasteiger partial charge on any atom is 0.488 e. The summed E-state index contributed by atoms with van der Waals surface area (Å²) in [6, 6.07) is 53.7. The minimum absolute atomic E-state index is 0.501. The van der Waals surface area contributed by atoms with Crippen LogP contribution in [0.2, 0.25) is 0 Å². The van der Waals surface area contributed by atoms with Gasteiger partial charge in [0.25, 0.3) is 0 Å². The first-order chi connectivity index (χ1) is 26.2. The van der Waals surface area contributed by atoms with Crippen LogP contribution in [0, 0.1) is 0 Å². The highest BCUT2D eigenvalue weighted by Gasteiger charge is 2.18. The van der Waals surface area contributed by atoms with Gasteiger partial charge in [-0.15, -0.1) is 0 Å². The molecule has 0 unspecified atom stereocenters. The molecule has 264 valence electrons. The van der Waals surface area contributed by atoms with E-state index in [9.17, 15) is 30.1 Å². The van der Waals surface area contributed by atoms with E-state index in [4.69, 9.17) is 0 Å². The monoisotopic (exact) mass is 708 g/mol. The van der Waals surface area contributed by atoms with Crippen LogP contribution in [0.4, 0.5) is 0 Å². The van der Waals surface area contributed by atoms with Crippen molar-refractivity contribution in [2.24, 2.45) is 0 Å². The molecule has 6 nitrogen and oxygen atoms in total. The maximum absolute atomic E-state index is 9.86. The molecule has 0 aromatic heterocycles. The summed E-state index contributed by atoms with van der Waals surface area (Å²) in [5, 5.41) is 59.2. The standard InChI is InChI=1S/C45H39B3O6/c49-46(50)43-10-4-1-7-37(43)25-31-13-19-34(20-14-31)40-28-41(35-21-15-32(16-22-35)26-38-8-2-5-11-44(38)47(51)52)30-42(29-40)36-23-17-33(18-24-36)27-39-9-3-6-12-45(39)48(53)54/h1-24,28-30,49-54H,25-27H2. The molecule has 0 amide bonds. The molecule has 9 heteroatoms. The van der Waals surface area contributed by atoms with Crippen molar-refractivity contribution in [3.05, 3.63) is 197 Å². The Balaban J connectivity index is 1.21. The minimum Gasteiger partial charge on any atom is -0.423 e. The molecule has 0 spiro atoms. The Bertz CT molecular complexity index is 2070. The second-order valence-electron chi connectivity index (χ2n) is 13.6. The maximum atomic E-state index is 9.86. The van der Waals surface area contributed by atoms with Crippen molar-refractivity contribution in [1.82, 2.24) is 0 Å². The summed E-state index contributed by atoms with van der Waals surface area (Å²) in [5.74, 6) is 0. The highest BCUT2D eigenvalue weighted by Crippen LogP contribution is 2.34. The fourth-order valence-electron chi connectivity index (χ4n) is 7.07. The second-order valence-corrected chi connectivity index (χ2v) is 13.6. The van der Waals surface area contributed by atoms with Crippen LogP contribution >= 0.6 is 0 Å². The lowest BCUT2D eigenvalue weighted by molar-refractivity contribution is 0.424. The largest absolute Gasteiger partial charge is 0.488 e. The normalized spacial score (nSPS) is 11.0. The Labute approximate surface area is 316 Å². The summed E-state index contributed by atoms with van der Waals surface area (Å²) in [6.07, 6.45) is 1.71. The van der Waals surface area contributed by atoms with Crippen molar-refractivity contribution >= 4 is 37.7 Å². The molecule has 0 radical (unpaired) electrons. The van der Waals surface area contributed by atoms with E-state index in [0.29, 0.717) is 35.7 Å². The van der Waals surface area contributed by atoms with Crippen molar-refractivity contribution in [3.63, 3.8) is 0 Å². The molecule has 0 saturated heterocycles. The molecule has 0 heterocycles. The van der Waals surface area contributed by atoms with Gasteiger partial charge in [0.2, 0.25) is 0 Å². The predicted molar refractivity (Wildman–Crippen MR) is 220 cm³/mol. The Hall–Kier alpha value is -5.51. The quantitative estimate of drug-likeness (QED) is 0.104. The molecule has 0 fully saturated rings. The molecule has 6 N–H and O–H groups in total. The summed E-state index contributed by atoms with van der Waals surface area (Å²) in [4.78, 5) is 0. The van der Waals surface area contributed by atoms with Crippen LogP contribution in [0.3, 0.4) is 0 Å². The van der Waals surface area contributed by atoms with E-state index in [1.807, 2.05) is 36.4 Å². The van der Waals surface area contributed by atoms with Gasteiger partial charge in [-0.2, -0.15) is 0 Å². The number of rotatable bonds is 12. The first kappa shape index (κ1) is 36.8. The van der Waals surface area contributed by atoms with E-state index in [1.54, 1.807) is 36.4 Å². The lowest BCUT2D eigenvalue weighted by atomic mass is 9.76. The average Bonchev–Trinajstić information content (AvgIpc) is 3.19. The molecular formula is C45H39B3O6. The molecule has 7 aromatic carbocycles. The van der Waals surface area contributed by atoms with Crippen LogP contribution in [0.25, 0.3) is 33.4 Å². The van der Waals surface area contributed by atoms with Gasteiger partial charge in [0.1, 0.15) is 0 Å². The predicted octanol–water partition coefficient (Wildman–Crippen LogP) is 4.50. The first-order valence-electron chi connectivity index (χ1n) is 18.0. The van der Waals surface area contributed by atoms with E-state index < -0.39 is 21.4 Å². The van der Waals surface area contributed by atoms with Crippen molar-refractivity contribution in [2.45, 2.75) is 19.3 Å². The van der Waals surface area contributed by atoms with Gasteiger partial charge >= 0.3 is 21.4 Å². The summed E-state index contributed by atoms with van der Waals surface area (Å²) in [7, 11) is -4.59. The van der Waals surface area contributed by atoms with Crippen LogP contribution in [-0.2, 0) is 19.3 Å². The van der Waals surface area contributed by atoms with Gasteiger partial charge < -0.3 is 30.1 Å². The zero-order valence-electron chi connectivity index (χ0n) is 29.6. The molecule has 7 aromatic rings. The molecular weight excluding hydrogens is 669 g/mol. The van der Waals surface area contributed by atoms with Crippen LogP contribution in [0.1, 0.15) is 33.4 Å². The third kappa shape index (κ3) is 8.65. The van der Waals surface area contributed by atoms with E-state index in [-0.39, 0.29) is 0 Å². The number of hydrogen-bond donors (Lipinski definition) is 6. The summed E-state index contributed by atoms with van der Waals surface area (Å²) in [5.41, 5.74) is 13.5. The molecule has 0 saturated carbocycles. The molecule has 0 aliphatic heterocycles. The Morgan fingerprint density at radius 3 is 0.759 bits per heavy atom. The van der Waals surface area contributed by atoms with Crippen molar-refractivity contribution in [1.29, 1.82) is 0 Å². The van der Waals surface area contributed by atoms with E-state index in [2.05, 4.69) is 91.0 Å². The molecule has 0 aliphatic rings. The third-order valence-corrected chi connectivity index (χ3v) is 9.98.